The van der Waals surface area contributed by atoms with Crippen LogP contribution in [0.5, 0.6) is 0 Å². The van der Waals surface area contributed by atoms with Gasteiger partial charge in [0.05, 0.1) is 5.41 Å². The fourth-order valence-corrected chi connectivity index (χ4v) is 4.21. The first kappa shape index (κ1) is 20.8. The molecule has 0 fully saturated rings. The number of rotatable bonds is 6. The van der Waals surface area contributed by atoms with Gasteiger partial charge in [-0.25, -0.2) is 9.97 Å². The lowest BCUT2D eigenvalue weighted by atomic mass is 9.71. The number of fused-ring (bicyclic) bond motifs is 1. The van der Waals surface area contributed by atoms with Crippen LogP contribution in [0.15, 0.2) is 43.0 Å². The molecule has 2 atom stereocenters. The van der Waals surface area contributed by atoms with Gasteiger partial charge in [0.15, 0.2) is 5.78 Å². The highest BCUT2D eigenvalue weighted by Crippen LogP contribution is 2.45. The minimum Gasteiger partial charge on any atom is -0.310 e. The molecule has 4 rings (SSSR count). The first-order chi connectivity index (χ1) is 14.8. The number of anilines is 1. The average molecular weight is 415 g/mol. The maximum absolute atomic E-state index is 12.8. The average Bonchev–Trinajstić information content (AvgIpc) is 3.02. The lowest BCUT2D eigenvalue weighted by Gasteiger charge is -2.29. The molecule has 0 saturated heterocycles. The van der Waals surface area contributed by atoms with E-state index in [2.05, 4.69) is 25.3 Å². The zero-order valence-corrected chi connectivity index (χ0v) is 18.1. The van der Waals surface area contributed by atoms with Gasteiger partial charge in [-0.1, -0.05) is 13.0 Å². The van der Waals surface area contributed by atoms with Crippen molar-refractivity contribution < 1.29 is 9.59 Å². The SMILES string of the molecule is Cc1cc(CCC(=O)c2ccc([C@@H](C)[C@@]3(C)C(=O)Nc4ncncc43)cn2)cc(C)n1. The van der Waals surface area contributed by atoms with Crippen molar-refractivity contribution in [3.63, 3.8) is 0 Å². The van der Waals surface area contributed by atoms with Crippen LogP contribution in [0.25, 0.3) is 0 Å². The number of ketones is 1. The summed E-state index contributed by atoms with van der Waals surface area (Å²) in [4.78, 5) is 42.4. The minimum absolute atomic E-state index is 0.00473. The van der Waals surface area contributed by atoms with Gasteiger partial charge in [0.25, 0.3) is 0 Å². The third kappa shape index (κ3) is 3.83. The molecule has 0 unspecified atom stereocenters. The second-order valence-electron chi connectivity index (χ2n) is 8.32. The minimum atomic E-state index is -0.805. The number of nitrogens with zero attached hydrogens (tertiary/aromatic N) is 4. The molecule has 7 nitrogen and oxygen atoms in total. The Labute approximate surface area is 181 Å². The van der Waals surface area contributed by atoms with Crippen LogP contribution in [0.4, 0.5) is 5.82 Å². The molecule has 0 aliphatic carbocycles. The van der Waals surface area contributed by atoms with Crippen LogP contribution in [0.1, 0.15) is 64.8 Å². The number of nitrogens with one attached hydrogen (secondary N) is 1. The number of hydrogen-bond donors (Lipinski definition) is 1. The van der Waals surface area contributed by atoms with E-state index in [1.807, 2.05) is 45.9 Å². The first-order valence-electron chi connectivity index (χ1n) is 10.3. The standard InChI is InChI=1S/C24H25N5O2/c1-14-9-17(10-15(2)28-14)5-8-21(30)20-7-6-18(11-26-20)16(3)24(4)19-12-25-13-27-22(19)29-23(24)31/h6-7,9-13,16H,5,8H2,1-4H3,(H,25,27,29,31)/t16-,24-/m1/s1. The van der Waals surface area contributed by atoms with Crippen molar-refractivity contribution in [3.8, 4) is 0 Å². The quantitative estimate of drug-likeness (QED) is 0.616. The molecule has 0 spiro atoms. The van der Waals surface area contributed by atoms with E-state index in [1.165, 1.54) is 6.33 Å². The molecule has 0 saturated carbocycles. The second kappa shape index (κ2) is 7.98. The Morgan fingerprint density at radius 2 is 1.87 bits per heavy atom. The number of pyridine rings is 2. The van der Waals surface area contributed by atoms with Crippen LogP contribution in [0, 0.1) is 13.8 Å². The lowest BCUT2D eigenvalue weighted by Crippen LogP contribution is -2.36. The van der Waals surface area contributed by atoms with Crippen molar-refractivity contribution in [2.24, 2.45) is 0 Å². The van der Waals surface area contributed by atoms with Crippen molar-refractivity contribution in [1.82, 2.24) is 19.9 Å². The van der Waals surface area contributed by atoms with E-state index in [0.29, 0.717) is 24.4 Å². The number of hydrogen-bond acceptors (Lipinski definition) is 6. The second-order valence-corrected chi connectivity index (χ2v) is 8.32. The molecule has 3 aromatic rings. The molecular formula is C24H25N5O2. The van der Waals surface area contributed by atoms with E-state index in [-0.39, 0.29) is 17.6 Å². The smallest absolute Gasteiger partial charge is 0.236 e. The number of aryl methyl sites for hydroxylation is 3. The summed E-state index contributed by atoms with van der Waals surface area (Å²) in [5, 5.41) is 2.84. The predicted octanol–water partition coefficient (Wildman–Crippen LogP) is 3.71. The molecule has 0 aromatic carbocycles. The lowest BCUT2D eigenvalue weighted by molar-refractivity contribution is -0.120. The molecular weight excluding hydrogens is 390 g/mol. The summed E-state index contributed by atoms with van der Waals surface area (Å²) in [6.07, 6.45) is 5.84. The maximum atomic E-state index is 12.8. The van der Waals surface area contributed by atoms with E-state index >= 15 is 0 Å². The molecule has 4 heterocycles. The Morgan fingerprint density at radius 3 is 2.55 bits per heavy atom. The molecule has 1 aliphatic heterocycles. The largest absolute Gasteiger partial charge is 0.310 e. The summed E-state index contributed by atoms with van der Waals surface area (Å²) >= 11 is 0. The zero-order chi connectivity index (χ0) is 22.2. The number of carbonyl (C=O) groups excluding carboxylic acids is 2. The molecule has 0 bridgehead atoms. The molecule has 0 radical (unpaired) electrons. The van der Waals surface area contributed by atoms with Gasteiger partial charge in [-0.05, 0) is 56.5 Å². The highest BCUT2D eigenvalue weighted by Gasteiger charge is 2.48. The zero-order valence-electron chi connectivity index (χ0n) is 18.1. The van der Waals surface area contributed by atoms with Gasteiger partial charge in [-0.3, -0.25) is 19.6 Å². The number of Topliss-reactive ketones (excluding diaryl/α,β-unsaturated/α-hetero) is 1. The fraction of sp³-hybridized carbons (Fsp3) is 0.333. The van der Waals surface area contributed by atoms with Crippen molar-refractivity contribution in [2.45, 2.75) is 51.9 Å². The highest BCUT2D eigenvalue weighted by atomic mass is 16.2. The molecule has 3 aromatic heterocycles. The molecule has 7 heteroatoms. The van der Waals surface area contributed by atoms with Crippen LogP contribution in [0.2, 0.25) is 0 Å². The van der Waals surface area contributed by atoms with E-state index < -0.39 is 5.41 Å². The van der Waals surface area contributed by atoms with Crippen LogP contribution in [-0.2, 0) is 16.6 Å². The van der Waals surface area contributed by atoms with Crippen LogP contribution in [0.3, 0.4) is 0 Å². The van der Waals surface area contributed by atoms with Crippen molar-refractivity contribution in [2.75, 3.05) is 5.32 Å². The Bertz CT molecular complexity index is 1140. The van der Waals surface area contributed by atoms with Crippen molar-refractivity contribution in [1.29, 1.82) is 0 Å². The molecule has 158 valence electrons. The summed E-state index contributed by atoms with van der Waals surface area (Å²) in [6.45, 7) is 7.78. The summed E-state index contributed by atoms with van der Waals surface area (Å²) in [6, 6.07) is 7.64. The van der Waals surface area contributed by atoms with Crippen molar-refractivity contribution >= 4 is 17.5 Å². The topological polar surface area (TPSA) is 97.7 Å². The first-order valence-corrected chi connectivity index (χ1v) is 10.3. The van der Waals surface area contributed by atoms with Crippen LogP contribution < -0.4 is 5.32 Å². The molecule has 31 heavy (non-hydrogen) atoms. The monoisotopic (exact) mass is 415 g/mol. The van der Waals surface area contributed by atoms with Gasteiger partial charge in [-0.2, -0.15) is 0 Å². The Kier molecular flexibility index (Phi) is 5.35. The number of carbonyl (C=O) groups is 2. The van der Waals surface area contributed by atoms with Gasteiger partial charge in [0.2, 0.25) is 5.91 Å². The van der Waals surface area contributed by atoms with Crippen LogP contribution >= 0.6 is 0 Å². The Hall–Kier alpha value is -3.48. The highest BCUT2D eigenvalue weighted by molar-refractivity contribution is 6.05. The normalized spacial score (nSPS) is 18.4. The maximum Gasteiger partial charge on any atom is 0.236 e. The van der Waals surface area contributed by atoms with E-state index in [0.717, 1.165) is 28.1 Å². The van der Waals surface area contributed by atoms with Gasteiger partial charge >= 0.3 is 0 Å². The summed E-state index contributed by atoms with van der Waals surface area (Å²) in [7, 11) is 0. The van der Waals surface area contributed by atoms with Gasteiger partial charge in [0, 0.05) is 41.7 Å². The summed E-state index contributed by atoms with van der Waals surface area (Å²) < 4.78 is 0. The van der Waals surface area contributed by atoms with E-state index in [9.17, 15) is 9.59 Å². The third-order valence-electron chi connectivity index (χ3n) is 6.20. The van der Waals surface area contributed by atoms with E-state index in [1.54, 1.807) is 18.5 Å². The fourth-order valence-electron chi connectivity index (χ4n) is 4.21. The molecule has 1 amide bonds. The Morgan fingerprint density at radius 1 is 1.13 bits per heavy atom. The van der Waals surface area contributed by atoms with Gasteiger partial charge in [-0.15, -0.1) is 0 Å². The molecule has 1 aliphatic rings. The van der Waals surface area contributed by atoms with Crippen LogP contribution in [-0.4, -0.2) is 31.6 Å². The van der Waals surface area contributed by atoms with Gasteiger partial charge in [0.1, 0.15) is 17.8 Å². The predicted molar refractivity (Wildman–Crippen MR) is 117 cm³/mol. The summed E-state index contributed by atoms with van der Waals surface area (Å²) in [5.41, 5.74) is 4.29. The van der Waals surface area contributed by atoms with Crippen molar-refractivity contribution in [3.05, 3.63) is 76.8 Å². The number of amides is 1. The van der Waals surface area contributed by atoms with Gasteiger partial charge < -0.3 is 5.32 Å². The van der Waals surface area contributed by atoms with E-state index in [4.69, 9.17) is 0 Å². The summed E-state index contributed by atoms with van der Waals surface area (Å²) in [5.74, 6) is 0.267. The number of aromatic nitrogens is 4. The Balaban J connectivity index is 1.49. The third-order valence-corrected chi connectivity index (χ3v) is 6.20. The molecule has 1 N–H and O–H groups in total.